The summed E-state index contributed by atoms with van der Waals surface area (Å²) in [5.74, 6) is 2.08. The molecule has 0 unspecified atom stereocenters. The first-order chi connectivity index (χ1) is 11.7. The van der Waals surface area contributed by atoms with Crippen LogP contribution < -0.4 is 0 Å². The molecular weight excluding hydrogens is 294 g/mol. The average molecular weight is 323 g/mol. The van der Waals surface area contributed by atoms with E-state index in [1.807, 2.05) is 0 Å². The number of amides is 1. The summed E-state index contributed by atoms with van der Waals surface area (Å²) < 4.78 is 0. The van der Waals surface area contributed by atoms with Crippen molar-refractivity contribution in [3.8, 4) is 0 Å². The molecular formula is C22H29NO. The van der Waals surface area contributed by atoms with Crippen molar-refractivity contribution in [2.45, 2.75) is 63.2 Å². The zero-order valence-electron chi connectivity index (χ0n) is 14.7. The van der Waals surface area contributed by atoms with Crippen molar-refractivity contribution in [2.75, 3.05) is 13.1 Å². The fourth-order valence-electron chi connectivity index (χ4n) is 7.07. The zero-order valence-corrected chi connectivity index (χ0v) is 14.7. The van der Waals surface area contributed by atoms with Gasteiger partial charge in [-0.05, 0) is 80.6 Å². The fourth-order valence-corrected chi connectivity index (χ4v) is 7.07. The Morgan fingerprint density at radius 3 is 2.25 bits per heavy atom. The highest BCUT2D eigenvalue weighted by molar-refractivity contribution is 5.83. The van der Waals surface area contributed by atoms with Gasteiger partial charge in [-0.15, -0.1) is 0 Å². The molecule has 0 spiro atoms. The van der Waals surface area contributed by atoms with Crippen molar-refractivity contribution in [3.63, 3.8) is 0 Å². The Kier molecular flexibility index (Phi) is 3.34. The van der Waals surface area contributed by atoms with E-state index in [1.165, 1.54) is 56.9 Å². The van der Waals surface area contributed by atoms with E-state index < -0.39 is 0 Å². The number of benzene rings is 1. The number of likely N-dealkylation sites (tertiary alicyclic amines) is 1. The second-order valence-corrected chi connectivity index (χ2v) is 9.24. The third-order valence-corrected chi connectivity index (χ3v) is 7.54. The highest BCUT2D eigenvalue weighted by Crippen LogP contribution is 2.66. The molecule has 5 aliphatic rings. The number of carbonyl (C=O) groups is 1. The molecule has 4 saturated carbocycles. The molecule has 2 heteroatoms. The third-order valence-electron chi connectivity index (χ3n) is 7.54. The van der Waals surface area contributed by atoms with Crippen LogP contribution in [-0.4, -0.2) is 23.9 Å². The Balaban J connectivity index is 1.50. The molecule has 1 amide bonds. The number of carbonyl (C=O) groups excluding carboxylic acids is 1. The summed E-state index contributed by atoms with van der Waals surface area (Å²) in [5.41, 5.74) is 1.77. The molecule has 1 aromatic carbocycles. The predicted octanol–water partition coefficient (Wildman–Crippen LogP) is 4.54. The maximum atomic E-state index is 13.6. The van der Waals surface area contributed by atoms with E-state index in [-0.39, 0.29) is 10.8 Å². The molecule has 5 fully saturated rings. The molecule has 128 valence electrons. The van der Waals surface area contributed by atoms with E-state index in [2.05, 4.69) is 35.2 Å². The van der Waals surface area contributed by atoms with Crippen molar-refractivity contribution in [1.82, 2.24) is 4.90 Å². The Bertz CT molecular complexity index is 617. The number of piperidine rings is 1. The summed E-state index contributed by atoms with van der Waals surface area (Å²) in [5, 5.41) is 0. The van der Waals surface area contributed by atoms with Gasteiger partial charge in [-0.3, -0.25) is 4.79 Å². The lowest BCUT2D eigenvalue weighted by Crippen LogP contribution is -2.60. The lowest BCUT2D eigenvalue weighted by atomic mass is 9.42. The number of hydrogen-bond donors (Lipinski definition) is 0. The molecule has 0 N–H and O–H groups in total. The Hall–Kier alpha value is -1.31. The van der Waals surface area contributed by atoms with Crippen LogP contribution >= 0.6 is 0 Å². The number of nitrogens with zero attached hydrogens (tertiary/aromatic N) is 1. The Labute approximate surface area is 145 Å². The second kappa shape index (κ2) is 5.34. The van der Waals surface area contributed by atoms with E-state index in [0.29, 0.717) is 5.91 Å². The quantitative estimate of drug-likeness (QED) is 0.782. The van der Waals surface area contributed by atoms with Gasteiger partial charge in [0.15, 0.2) is 0 Å². The first-order valence-corrected chi connectivity index (χ1v) is 10.0. The predicted molar refractivity (Wildman–Crippen MR) is 95.7 cm³/mol. The molecule has 1 heterocycles. The molecule has 1 aliphatic heterocycles. The maximum absolute atomic E-state index is 13.6. The largest absolute Gasteiger partial charge is 0.342 e. The minimum absolute atomic E-state index is 0.0305. The number of rotatable bonds is 2. The van der Waals surface area contributed by atoms with Crippen LogP contribution in [0.4, 0.5) is 0 Å². The van der Waals surface area contributed by atoms with Gasteiger partial charge in [-0.1, -0.05) is 30.3 Å². The summed E-state index contributed by atoms with van der Waals surface area (Å²) in [6.07, 6.45) is 11.2. The van der Waals surface area contributed by atoms with Crippen molar-refractivity contribution >= 4 is 5.91 Å². The van der Waals surface area contributed by atoms with Crippen LogP contribution in [0, 0.1) is 17.3 Å². The van der Waals surface area contributed by atoms with Crippen LogP contribution in [0.1, 0.15) is 63.4 Å². The van der Waals surface area contributed by atoms with Gasteiger partial charge in [0, 0.05) is 13.1 Å². The van der Waals surface area contributed by atoms with E-state index in [1.54, 1.807) is 0 Å². The van der Waals surface area contributed by atoms with Crippen LogP contribution in [0.2, 0.25) is 0 Å². The second-order valence-electron chi connectivity index (χ2n) is 9.24. The summed E-state index contributed by atoms with van der Waals surface area (Å²) in [6.45, 7) is 2.02. The molecule has 4 bridgehead atoms. The Morgan fingerprint density at radius 2 is 1.58 bits per heavy atom. The van der Waals surface area contributed by atoms with Crippen LogP contribution in [0.15, 0.2) is 30.3 Å². The van der Waals surface area contributed by atoms with Gasteiger partial charge in [0.2, 0.25) is 5.91 Å². The highest BCUT2D eigenvalue weighted by atomic mass is 16.2. The summed E-state index contributed by atoms with van der Waals surface area (Å²) in [4.78, 5) is 15.8. The molecule has 24 heavy (non-hydrogen) atoms. The smallest absolute Gasteiger partial charge is 0.228 e. The van der Waals surface area contributed by atoms with Crippen LogP contribution in [-0.2, 0) is 10.2 Å². The van der Waals surface area contributed by atoms with Gasteiger partial charge in [0.05, 0.1) is 5.41 Å². The minimum atomic E-state index is -0.0305. The molecule has 0 aromatic heterocycles. The monoisotopic (exact) mass is 323 g/mol. The normalized spacial score (nSPS) is 40.8. The fraction of sp³-hybridized carbons (Fsp3) is 0.682. The minimum Gasteiger partial charge on any atom is -0.342 e. The van der Waals surface area contributed by atoms with Gasteiger partial charge in [0.1, 0.15) is 0 Å². The molecule has 1 saturated heterocycles. The van der Waals surface area contributed by atoms with Gasteiger partial charge in [-0.25, -0.2) is 0 Å². The standard InChI is InChI=1S/C22H29NO/c24-20(23-9-5-2-6-10-23)22-14-17-11-18(15-22)13-21(12-17,16-22)19-7-3-1-4-8-19/h1,3-4,7-8,17-18H,2,5-6,9-16H2/t17-,18-,21?,22?/m0/s1. The molecule has 1 aromatic rings. The SMILES string of the molecule is O=C(N1CCCCC1)C12C[C@H]3C[C@H](C1)CC(c1ccccc1)(C3)C2. The third kappa shape index (κ3) is 2.18. The van der Waals surface area contributed by atoms with E-state index in [4.69, 9.17) is 0 Å². The lowest BCUT2D eigenvalue weighted by Gasteiger charge is -2.62. The molecule has 2 atom stereocenters. The van der Waals surface area contributed by atoms with Gasteiger partial charge in [0.25, 0.3) is 0 Å². The van der Waals surface area contributed by atoms with Crippen molar-refractivity contribution in [2.24, 2.45) is 17.3 Å². The molecule has 6 rings (SSSR count). The molecule has 2 nitrogen and oxygen atoms in total. The van der Waals surface area contributed by atoms with E-state index in [0.717, 1.165) is 31.3 Å². The van der Waals surface area contributed by atoms with E-state index >= 15 is 0 Å². The summed E-state index contributed by atoms with van der Waals surface area (Å²) in [6, 6.07) is 11.1. The van der Waals surface area contributed by atoms with E-state index in [9.17, 15) is 4.79 Å². The van der Waals surface area contributed by atoms with Gasteiger partial charge >= 0.3 is 0 Å². The molecule has 0 radical (unpaired) electrons. The van der Waals surface area contributed by atoms with Gasteiger partial charge in [-0.2, -0.15) is 0 Å². The zero-order chi connectivity index (χ0) is 16.2. The summed E-state index contributed by atoms with van der Waals surface area (Å²) >= 11 is 0. The first-order valence-electron chi connectivity index (χ1n) is 10.0. The topological polar surface area (TPSA) is 20.3 Å². The van der Waals surface area contributed by atoms with Crippen LogP contribution in [0.3, 0.4) is 0 Å². The summed E-state index contributed by atoms with van der Waals surface area (Å²) in [7, 11) is 0. The van der Waals surface area contributed by atoms with Crippen molar-refractivity contribution in [1.29, 1.82) is 0 Å². The first kappa shape index (κ1) is 15.0. The van der Waals surface area contributed by atoms with Crippen molar-refractivity contribution < 1.29 is 4.79 Å². The van der Waals surface area contributed by atoms with Crippen LogP contribution in [0.25, 0.3) is 0 Å². The van der Waals surface area contributed by atoms with Crippen LogP contribution in [0.5, 0.6) is 0 Å². The highest BCUT2D eigenvalue weighted by Gasteiger charge is 2.61. The average Bonchev–Trinajstić information content (AvgIpc) is 2.61. The maximum Gasteiger partial charge on any atom is 0.228 e. The lowest BCUT2D eigenvalue weighted by molar-refractivity contribution is -0.161. The number of hydrogen-bond acceptors (Lipinski definition) is 1. The molecule has 4 aliphatic carbocycles. The van der Waals surface area contributed by atoms with Crippen molar-refractivity contribution in [3.05, 3.63) is 35.9 Å². The Morgan fingerprint density at radius 1 is 0.917 bits per heavy atom. The van der Waals surface area contributed by atoms with Gasteiger partial charge < -0.3 is 4.90 Å².